The van der Waals surface area contributed by atoms with E-state index in [9.17, 15) is 19.5 Å². The molecule has 1 fully saturated rings. The summed E-state index contributed by atoms with van der Waals surface area (Å²) < 4.78 is 0. The zero-order chi connectivity index (χ0) is 19.5. The lowest BCUT2D eigenvalue weighted by Crippen LogP contribution is -2.55. The van der Waals surface area contributed by atoms with Crippen molar-refractivity contribution < 1.29 is 19.5 Å². The molecule has 142 valence electrons. The highest BCUT2D eigenvalue weighted by atomic mass is 16.4. The number of piperidine rings is 1. The van der Waals surface area contributed by atoms with Crippen LogP contribution in [0.15, 0.2) is 18.2 Å². The van der Waals surface area contributed by atoms with Crippen molar-refractivity contribution in [2.45, 2.75) is 52.5 Å². The predicted molar refractivity (Wildman–Crippen MR) is 99.0 cm³/mol. The van der Waals surface area contributed by atoms with Gasteiger partial charge in [0.05, 0.1) is 5.92 Å². The number of amides is 2. The second-order valence-electron chi connectivity index (χ2n) is 7.45. The maximum atomic E-state index is 12.8. The van der Waals surface area contributed by atoms with Crippen LogP contribution >= 0.6 is 0 Å². The third-order valence-corrected chi connectivity index (χ3v) is 5.13. The molecule has 1 saturated heterocycles. The number of hydrogen-bond donors (Lipinski definition) is 2. The second-order valence-corrected chi connectivity index (χ2v) is 7.45. The van der Waals surface area contributed by atoms with E-state index in [4.69, 9.17) is 0 Å². The molecule has 0 bridgehead atoms. The first-order valence-electron chi connectivity index (χ1n) is 9.09. The van der Waals surface area contributed by atoms with Crippen LogP contribution in [0.4, 0.5) is 0 Å². The van der Waals surface area contributed by atoms with E-state index in [2.05, 4.69) is 5.32 Å². The first kappa shape index (κ1) is 19.9. The summed E-state index contributed by atoms with van der Waals surface area (Å²) in [5.74, 6) is -1.81. The van der Waals surface area contributed by atoms with E-state index in [0.29, 0.717) is 31.5 Å². The van der Waals surface area contributed by atoms with Crippen molar-refractivity contribution in [3.8, 4) is 0 Å². The Morgan fingerprint density at radius 2 is 1.85 bits per heavy atom. The fourth-order valence-corrected chi connectivity index (χ4v) is 3.32. The van der Waals surface area contributed by atoms with Crippen LogP contribution in [0.25, 0.3) is 0 Å². The minimum absolute atomic E-state index is 0.0780. The first-order valence-corrected chi connectivity index (χ1v) is 9.09. The molecule has 0 aliphatic carbocycles. The normalized spacial score (nSPS) is 19.5. The summed E-state index contributed by atoms with van der Waals surface area (Å²) in [6, 6.07) is 5.73. The molecule has 26 heavy (non-hydrogen) atoms. The van der Waals surface area contributed by atoms with Gasteiger partial charge in [0, 0.05) is 18.7 Å². The van der Waals surface area contributed by atoms with Crippen molar-refractivity contribution in [1.29, 1.82) is 0 Å². The van der Waals surface area contributed by atoms with Gasteiger partial charge in [0.25, 0.3) is 5.91 Å². The summed E-state index contributed by atoms with van der Waals surface area (Å²) in [4.78, 5) is 38.5. The number of nitrogens with zero attached hydrogens (tertiary/aromatic N) is 1. The number of carboxylic acid groups (broad SMARTS) is 1. The van der Waals surface area contributed by atoms with Crippen LogP contribution in [-0.2, 0) is 9.59 Å². The number of likely N-dealkylation sites (tertiary alicyclic amines) is 1. The smallest absolute Gasteiger partial charge is 0.329 e. The summed E-state index contributed by atoms with van der Waals surface area (Å²) in [7, 11) is 0. The van der Waals surface area contributed by atoms with Gasteiger partial charge in [-0.15, -0.1) is 0 Å². The minimum Gasteiger partial charge on any atom is -0.480 e. The van der Waals surface area contributed by atoms with Crippen molar-refractivity contribution in [3.63, 3.8) is 0 Å². The fourth-order valence-electron chi connectivity index (χ4n) is 3.32. The fraction of sp³-hybridized carbons (Fsp3) is 0.550. The molecule has 0 radical (unpaired) electrons. The van der Waals surface area contributed by atoms with Gasteiger partial charge in [0.15, 0.2) is 0 Å². The average Bonchev–Trinajstić information content (AvgIpc) is 2.60. The molecule has 1 heterocycles. The van der Waals surface area contributed by atoms with Crippen LogP contribution in [-0.4, -0.2) is 46.4 Å². The summed E-state index contributed by atoms with van der Waals surface area (Å²) in [6.07, 6.45) is 1.68. The Morgan fingerprint density at radius 1 is 1.23 bits per heavy atom. The highest BCUT2D eigenvalue weighted by Gasteiger charge is 2.36. The SMILES string of the molecule is CCC(C)(NC(=O)C1CCCN(C(=O)c2cc(C)cc(C)c2)C1)C(=O)O. The highest BCUT2D eigenvalue weighted by molar-refractivity contribution is 5.95. The number of benzene rings is 1. The Bertz CT molecular complexity index is 696. The van der Waals surface area contributed by atoms with Gasteiger partial charge in [-0.1, -0.05) is 24.1 Å². The predicted octanol–water partition coefficient (Wildman–Crippen LogP) is 2.53. The largest absolute Gasteiger partial charge is 0.480 e. The standard InChI is InChI=1S/C20H28N2O4/c1-5-20(4,19(25)26)21-17(23)15-7-6-8-22(12-15)18(24)16-10-13(2)9-14(3)11-16/h9-11,15H,5-8,12H2,1-4H3,(H,21,23)(H,25,26). The zero-order valence-corrected chi connectivity index (χ0v) is 16.0. The van der Waals surface area contributed by atoms with Gasteiger partial charge in [-0.05, 0) is 52.2 Å². The quantitative estimate of drug-likeness (QED) is 0.845. The van der Waals surface area contributed by atoms with E-state index >= 15 is 0 Å². The molecule has 2 amide bonds. The lowest BCUT2D eigenvalue weighted by Gasteiger charge is -2.34. The molecule has 2 rings (SSSR count). The third-order valence-electron chi connectivity index (χ3n) is 5.13. The molecule has 1 aliphatic rings. The molecular weight excluding hydrogens is 332 g/mol. The molecule has 0 spiro atoms. The van der Waals surface area contributed by atoms with Gasteiger partial charge in [-0.2, -0.15) is 0 Å². The van der Waals surface area contributed by atoms with Crippen LogP contribution in [0, 0.1) is 19.8 Å². The number of aryl methyl sites for hydroxylation is 2. The third kappa shape index (κ3) is 4.42. The van der Waals surface area contributed by atoms with Crippen LogP contribution in [0.1, 0.15) is 54.6 Å². The Morgan fingerprint density at radius 3 is 2.38 bits per heavy atom. The summed E-state index contributed by atoms with van der Waals surface area (Å²) in [6.45, 7) is 8.07. The van der Waals surface area contributed by atoms with E-state index in [-0.39, 0.29) is 17.7 Å². The van der Waals surface area contributed by atoms with E-state index in [1.807, 2.05) is 32.0 Å². The lowest BCUT2D eigenvalue weighted by atomic mass is 9.93. The Labute approximate surface area is 154 Å². The number of carbonyl (C=O) groups is 3. The molecular formula is C20H28N2O4. The summed E-state index contributed by atoms with van der Waals surface area (Å²) in [5.41, 5.74) is 1.41. The van der Waals surface area contributed by atoms with Gasteiger partial charge in [-0.3, -0.25) is 9.59 Å². The van der Waals surface area contributed by atoms with Gasteiger partial charge < -0.3 is 15.3 Å². The molecule has 0 saturated carbocycles. The maximum Gasteiger partial charge on any atom is 0.329 e. The van der Waals surface area contributed by atoms with Gasteiger partial charge in [0.2, 0.25) is 5.91 Å². The van der Waals surface area contributed by atoms with Gasteiger partial charge in [0.1, 0.15) is 5.54 Å². The van der Waals surface area contributed by atoms with Crippen molar-refractivity contribution in [2.75, 3.05) is 13.1 Å². The van der Waals surface area contributed by atoms with E-state index < -0.39 is 11.5 Å². The molecule has 1 aromatic carbocycles. The summed E-state index contributed by atoms with van der Waals surface area (Å²) >= 11 is 0. The van der Waals surface area contributed by atoms with Crippen molar-refractivity contribution in [2.24, 2.45) is 5.92 Å². The van der Waals surface area contributed by atoms with Gasteiger partial charge >= 0.3 is 5.97 Å². The molecule has 6 heteroatoms. The van der Waals surface area contributed by atoms with E-state index in [1.165, 1.54) is 6.92 Å². The number of nitrogens with one attached hydrogen (secondary N) is 1. The van der Waals surface area contributed by atoms with Crippen molar-refractivity contribution in [1.82, 2.24) is 10.2 Å². The topological polar surface area (TPSA) is 86.7 Å². The number of aliphatic carboxylic acids is 1. The molecule has 0 aromatic heterocycles. The Balaban J connectivity index is 2.09. The molecule has 1 aliphatic heterocycles. The van der Waals surface area contributed by atoms with Crippen LogP contribution in [0.2, 0.25) is 0 Å². The Hall–Kier alpha value is -2.37. The molecule has 1 aromatic rings. The molecule has 2 N–H and O–H groups in total. The van der Waals surface area contributed by atoms with E-state index in [0.717, 1.165) is 17.5 Å². The van der Waals surface area contributed by atoms with E-state index in [1.54, 1.807) is 11.8 Å². The van der Waals surface area contributed by atoms with Crippen LogP contribution < -0.4 is 5.32 Å². The Kier molecular flexibility index (Phi) is 6.05. The highest BCUT2D eigenvalue weighted by Crippen LogP contribution is 2.21. The number of carbonyl (C=O) groups excluding carboxylic acids is 2. The monoisotopic (exact) mass is 360 g/mol. The molecule has 2 unspecified atom stereocenters. The average molecular weight is 360 g/mol. The van der Waals surface area contributed by atoms with Gasteiger partial charge in [-0.25, -0.2) is 4.79 Å². The first-order chi connectivity index (χ1) is 12.2. The van der Waals surface area contributed by atoms with Crippen molar-refractivity contribution >= 4 is 17.8 Å². The number of rotatable bonds is 5. The summed E-state index contributed by atoms with van der Waals surface area (Å²) in [5, 5.41) is 12.0. The minimum atomic E-state index is -1.28. The molecule has 6 nitrogen and oxygen atoms in total. The zero-order valence-electron chi connectivity index (χ0n) is 16.0. The number of carboxylic acids is 1. The van der Waals surface area contributed by atoms with Crippen molar-refractivity contribution in [3.05, 3.63) is 34.9 Å². The second kappa shape index (κ2) is 7.89. The molecule has 2 atom stereocenters. The maximum absolute atomic E-state index is 12.8. The van der Waals surface area contributed by atoms with Crippen LogP contribution in [0.5, 0.6) is 0 Å². The van der Waals surface area contributed by atoms with Crippen LogP contribution in [0.3, 0.4) is 0 Å². The number of hydrogen-bond acceptors (Lipinski definition) is 3. The lowest BCUT2D eigenvalue weighted by molar-refractivity contribution is -0.148.